The first-order valence-corrected chi connectivity index (χ1v) is 7.86. The Balaban J connectivity index is 1.61. The molecule has 1 saturated carbocycles. The zero-order chi connectivity index (χ0) is 17.6. The lowest BCUT2D eigenvalue weighted by Gasteiger charge is -2.21. The quantitative estimate of drug-likeness (QED) is 0.862. The molecular weight excluding hydrogens is 335 g/mol. The van der Waals surface area contributed by atoms with Crippen LogP contribution in [0.4, 0.5) is 18.9 Å². The van der Waals surface area contributed by atoms with Gasteiger partial charge in [0.15, 0.2) is 29.0 Å². The maximum Gasteiger partial charge on any atom is 0.235 e. The third kappa shape index (κ3) is 2.59. The first-order valence-electron chi connectivity index (χ1n) is 7.86. The van der Waals surface area contributed by atoms with Crippen molar-refractivity contribution in [2.24, 2.45) is 0 Å². The predicted molar refractivity (Wildman–Crippen MR) is 83.3 cm³/mol. The molecule has 4 nitrogen and oxygen atoms in total. The number of amides is 1. The molecule has 2 aromatic rings. The zero-order valence-corrected chi connectivity index (χ0v) is 13.1. The number of anilines is 1. The summed E-state index contributed by atoms with van der Waals surface area (Å²) in [6.45, 7) is 0.892. The van der Waals surface area contributed by atoms with Crippen LogP contribution in [0.3, 0.4) is 0 Å². The highest BCUT2D eigenvalue weighted by Gasteiger charge is 2.51. The maximum atomic E-state index is 13.8. The van der Waals surface area contributed by atoms with Crippen molar-refractivity contribution in [2.75, 3.05) is 18.5 Å². The summed E-state index contributed by atoms with van der Waals surface area (Å²) < 4.78 is 51.1. The molecule has 4 rings (SSSR count). The van der Waals surface area contributed by atoms with E-state index < -0.39 is 28.8 Å². The topological polar surface area (TPSA) is 47.6 Å². The van der Waals surface area contributed by atoms with Crippen LogP contribution < -0.4 is 14.8 Å². The second kappa shape index (κ2) is 5.68. The smallest absolute Gasteiger partial charge is 0.235 e. The minimum atomic E-state index is -1.61. The molecule has 1 aliphatic carbocycles. The summed E-state index contributed by atoms with van der Waals surface area (Å²) in [5.41, 5.74) is -0.488. The average Bonchev–Trinajstić information content (AvgIpc) is 3.44. The monoisotopic (exact) mass is 349 g/mol. The second-order valence-corrected chi connectivity index (χ2v) is 6.12. The minimum Gasteiger partial charge on any atom is -0.486 e. The Kier molecular flexibility index (Phi) is 3.59. The van der Waals surface area contributed by atoms with Gasteiger partial charge in [0, 0.05) is 0 Å². The molecule has 130 valence electrons. The largest absolute Gasteiger partial charge is 0.486 e. The predicted octanol–water partition coefficient (Wildman–Crippen LogP) is 3.55. The molecule has 0 atom stereocenters. The van der Waals surface area contributed by atoms with Crippen molar-refractivity contribution < 1.29 is 27.4 Å². The summed E-state index contributed by atoms with van der Waals surface area (Å²) in [7, 11) is 0. The maximum absolute atomic E-state index is 13.8. The normalized spacial score (nSPS) is 17.1. The van der Waals surface area contributed by atoms with Crippen LogP contribution in [0, 0.1) is 17.5 Å². The molecule has 0 saturated heterocycles. The molecule has 1 fully saturated rings. The highest BCUT2D eigenvalue weighted by molar-refractivity contribution is 6.01. The Hall–Kier alpha value is -2.70. The first kappa shape index (κ1) is 15.8. The summed E-state index contributed by atoms with van der Waals surface area (Å²) in [5, 5.41) is 2.37. The lowest BCUT2D eigenvalue weighted by Crippen LogP contribution is -2.28. The van der Waals surface area contributed by atoms with Gasteiger partial charge in [-0.1, -0.05) is 6.07 Å². The van der Waals surface area contributed by atoms with Gasteiger partial charge in [-0.3, -0.25) is 4.79 Å². The molecule has 1 heterocycles. The van der Waals surface area contributed by atoms with E-state index in [0.29, 0.717) is 37.6 Å². The Bertz CT molecular complexity index is 865. The molecule has 0 unspecified atom stereocenters. The fraction of sp³-hybridized carbons (Fsp3) is 0.278. The van der Waals surface area contributed by atoms with Gasteiger partial charge in [-0.25, -0.2) is 13.2 Å². The molecule has 2 aliphatic rings. The van der Waals surface area contributed by atoms with Crippen LogP contribution in [0.15, 0.2) is 30.3 Å². The van der Waals surface area contributed by atoms with E-state index in [9.17, 15) is 18.0 Å². The molecule has 0 bridgehead atoms. The molecule has 0 spiro atoms. The molecular formula is C18H14F3NO3. The number of rotatable bonds is 3. The number of fused-ring (bicyclic) bond motifs is 1. The van der Waals surface area contributed by atoms with Crippen molar-refractivity contribution in [2.45, 2.75) is 18.3 Å². The molecule has 1 N–H and O–H groups in total. The molecule has 1 amide bonds. The van der Waals surface area contributed by atoms with Crippen LogP contribution in [0.1, 0.15) is 18.4 Å². The van der Waals surface area contributed by atoms with E-state index in [1.165, 1.54) is 0 Å². The van der Waals surface area contributed by atoms with E-state index in [4.69, 9.17) is 9.47 Å². The number of hydrogen-bond acceptors (Lipinski definition) is 3. The van der Waals surface area contributed by atoms with E-state index in [1.54, 1.807) is 18.2 Å². The molecule has 2 aromatic carbocycles. The van der Waals surface area contributed by atoms with Gasteiger partial charge in [-0.15, -0.1) is 0 Å². The van der Waals surface area contributed by atoms with Crippen molar-refractivity contribution in [3.63, 3.8) is 0 Å². The third-order valence-corrected chi connectivity index (χ3v) is 4.56. The van der Waals surface area contributed by atoms with Gasteiger partial charge >= 0.3 is 0 Å². The van der Waals surface area contributed by atoms with Crippen LogP contribution >= 0.6 is 0 Å². The van der Waals surface area contributed by atoms with E-state index in [0.717, 1.165) is 17.7 Å². The average molecular weight is 349 g/mol. The highest BCUT2D eigenvalue weighted by atomic mass is 19.2. The Labute approximate surface area is 141 Å². The molecule has 7 heteroatoms. The van der Waals surface area contributed by atoms with Crippen molar-refractivity contribution in [3.8, 4) is 11.5 Å². The summed E-state index contributed by atoms with van der Waals surface area (Å²) in [4.78, 5) is 12.6. The van der Waals surface area contributed by atoms with E-state index in [2.05, 4.69) is 5.32 Å². The number of hydrogen-bond donors (Lipinski definition) is 1. The van der Waals surface area contributed by atoms with E-state index in [-0.39, 0.29) is 5.69 Å². The van der Waals surface area contributed by atoms with Crippen LogP contribution in [0.5, 0.6) is 11.5 Å². The van der Waals surface area contributed by atoms with Gasteiger partial charge in [0.2, 0.25) is 5.91 Å². The van der Waals surface area contributed by atoms with Crippen LogP contribution in [-0.2, 0) is 10.2 Å². The van der Waals surface area contributed by atoms with Gasteiger partial charge < -0.3 is 14.8 Å². The number of nitrogens with one attached hydrogen (secondary N) is 1. The SMILES string of the molecule is O=C(Nc1ccc(F)c(F)c1F)C1(c2ccc3c(c2)OCCO3)CC1. The van der Waals surface area contributed by atoms with Crippen LogP contribution in [0.25, 0.3) is 0 Å². The van der Waals surface area contributed by atoms with Gasteiger partial charge in [0.05, 0.1) is 11.1 Å². The molecule has 1 aliphatic heterocycles. The lowest BCUT2D eigenvalue weighted by molar-refractivity contribution is -0.118. The fourth-order valence-corrected chi connectivity index (χ4v) is 2.98. The number of ether oxygens (including phenoxy) is 2. The number of benzene rings is 2. The standard InChI is InChI=1S/C18H14F3NO3/c19-11-2-3-12(16(21)15(11)20)22-17(23)18(5-6-18)10-1-4-13-14(9-10)25-8-7-24-13/h1-4,9H,5-8H2,(H,22,23). The van der Waals surface area contributed by atoms with Crippen molar-refractivity contribution in [1.29, 1.82) is 0 Å². The summed E-state index contributed by atoms with van der Waals surface area (Å²) >= 11 is 0. The number of carbonyl (C=O) groups is 1. The van der Waals surface area contributed by atoms with Crippen molar-refractivity contribution >= 4 is 11.6 Å². The summed E-state index contributed by atoms with van der Waals surface area (Å²) in [5.74, 6) is -3.62. The third-order valence-electron chi connectivity index (χ3n) is 4.56. The molecule has 25 heavy (non-hydrogen) atoms. The first-order chi connectivity index (χ1) is 12.0. The Morgan fingerprint density at radius 3 is 2.40 bits per heavy atom. The molecule has 0 aromatic heterocycles. The lowest BCUT2D eigenvalue weighted by atomic mass is 9.94. The minimum absolute atomic E-state index is 0.382. The van der Waals surface area contributed by atoms with E-state index in [1.807, 2.05) is 0 Å². The van der Waals surface area contributed by atoms with Gasteiger partial charge in [0.1, 0.15) is 13.2 Å². The molecule has 0 radical (unpaired) electrons. The fourth-order valence-electron chi connectivity index (χ4n) is 2.98. The van der Waals surface area contributed by atoms with Gasteiger partial charge in [-0.05, 0) is 42.7 Å². The van der Waals surface area contributed by atoms with Crippen LogP contribution in [0.2, 0.25) is 0 Å². The summed E-state index contributed by atoms with van der Waals surface area (Å²) in [6.07, 6.45) is 1.15. The highest BCUT2D eigenvalue weighted by Crippen LogP contribution is 2.51. The second-order valence-electron chi connectivity index (χ2n) is 6.12. The van der Waals surface area contributed by atoms with Gasteiger partial charge in [-0.2, -0.15) is 0 Å². The number of carbonyl (C=O) groups excluding carboxylic acids is 1. The van der Waals surface area contributed by atoms with Crippen molar-refractivity contribution in [1.82, 2.24) is 0 Å². The van der Waals surface area contributed by atoms with Gasteiger partial charge in [0.25, 0.3) is 0 Å². The number of halogens is 3. The Morgan fingerprint density at radius 2 is 1.68 bits per heavy atom. The van der Waals surface area contributed by atoms with E-state index >= 15 is 0 Å². The van der Waals surface area contributed by atoms with Crippen molar-refractivity contribution in [3.05, 3.63) is 53.3 Å². The van der Waals surface area contributed by atoms with Crippen LogP contribution in [-0.4, -0.2) is 19.1 Å². The Morgan fingerprint density at radius 1 is 0.960 bits per heavy atom. The zero-order valence-electron chi connectivity index (χ0n) is 13.1. The summed E-state index contributed by atoms with van der Waals surface area (Å²) in [6, 6.07) is 7.02.